The molecule has 1 atom stereocenters. The summed E-state index contributed by atoms with van der Waals surface area (Å²) in [5, 5.41) is 0. The Morgan fingerprint density at radius 1 is 1.29 bits per heavy atom. The summed E-state index contributed by atoms with van der Waals surface area (Å²) < 4.78 is 30.7. The summed E-state index contributed by atoms with van der Waals surface area (Å²) in [4.78, 5) is 14.7. The molecule has 0 bridgehead atoms. The molecule has 0 N–H and O–H groups in total. The molecule has 1 aliphatic rings. The van der Waals surface area contributed by atoms with Crippen molar-refractivity contribution in [2.24, 2.45) is 0 Å². The van der Waals surface area contributed by atoms with Crippen molar-refractivity contribution in [3.05, 3.63) is 78.1 Å². The first-order valence-corrected chi connectivity index (χ1v) is 10.3. The Bertz CT molecular complexity index is 921. The smallest absolute Gasteiger partial charge is 0.246 e. The van der Waals surface area contributed by atoms with Gasteiger partial charge in [-0.3, -0.25) is 4.79 Å². The van der Waals surface area contributed by atoms with Gasteiger partial charge >= 0.3 is 0 Å². The van der Waals surface area contributed by atoms with Gasteiger partial charge in [-0.05, 0) is 42.7 Å². The van der Waals surface area contributed by atoms with Gasteiger partial charge in [-0.1, -0.05) is 36.9 Å². The van der Waals surface area contributed by atoms with E-state index < -0.39 is 0 Å². The minimum Gasteiger partial charge on any atom is -0.493 e. The van der Waals surface area contributed by atoms with Crippen LogP contribution >= 0.6 is 0 Å². The first kappa shape index (κ1) is 22.6. The first-order valence-electron chi connectivity index (χ1n) is 10.3. The number of hydrogen-bond donors (Lipinski definition) is 0. The lowest BCUT2D eigenvalue weighted by Crippen LogP contribution is -2.35. The molecule has 0 aliphatic carbocycles. The average Bonchev–Trinajstić information content (AvgIpc) is 3.30. The maximum atomic E-state index is 13.9. The summed E-state index contributed by atoms with van der Waals surface area (Å²) in [7, 11) is 1.58. The van der Waals surface area contributed by atoms with E-state index in [0.717, 1.165) is 18.4 Å². The Balaban J connectivity index is 1.77. The van der Waals surface area contributed by atoms with Gasteiger partial charge in [0.2, 0.25) is 5.91 Å². The standard InChI is InChI=1S/C25H28FNO4/c1-3-14-31-23-12-10-19(16-24(23)29-2)17-27(18-21-8-6-15-30-21)25(28)13-11-20-7-4-5-9-22(20)26/h3-5,7,9-13,16,21H,1,6,8,14-15,17-18H2,2H3/b13-11+/t21-/m0/s1. The van der Waals surface area contributed by atoms with Crippen molar-refractivity contribution in [3.63, 3.8) is 0 Å². The van der Waals surface area contributed by atoms with Gasteiger partial charge in [-0.15, -0.1) is 0 Å². The fraction of sp³-hybridized carbons (Fsp3) is 0.320. The number of methoxy groups -OCH3 is 1. The molecule has 164 valence electrons. The van der Waals surface area contributed by atoms with Crippen LogP contribution in [0.2, 0.25) is 0 Å². The lowest BCUT2D eigenvalue weighted by Gasteiger charge is -2.25. The molecule has 1 amide bonds. The van der Waals surface area contributed by atoms with Crippen LogP contribution in [0.3, 0.4) is 0 Å². The number of amides is 1. The Labute approximate surface area is 182 Å². The molecule has 3 rings (SSSR count). The lowest BCUT2D eigenvalue weighted by atomic mass is 10.1. The third-order valence-corrected chi connectivity index (χ3v) is 5.03. The maximum absolute atomic E-state index is 13.9. The molecule has 5 nitrogen and oxygen atoms in total. The number of benzene rings is 2. The predicted octanol–water partition coefficient (Wildman–Crippen LogP) is 4.62. The molecule has 1 fully saturated rings. The molecule has 0 saturated carbocycles. The van der Waals surface area contributed by atoms with E-state index in [0.29, 0.717) is 43.4 Å². The zero-order valence-electron chi connectivity index (χ0n) is 17.8. The second kappa shape index (κ2) is 11.3. The minimum atomic E-state index is -0.364. The molecule has 2 aromatic carbocycles. The predicted molar refractivity (Wildman–Crippen MR) is 119 cm³/mol. The van der Waals surface area contributed by atoms with E-state index in [1.54, 1.807) is 36.3 Å². The second-order valence-corrected chi connectivity index (χ2v) is 7.29. The van der Waals surface area contributed by atoms with Crippen LogP contribution in [0.25, 0.3) is 6.08 Å². The molecule has 1 saturated heterocycles. The number of carbonyl (C=O) groups is 1. The van der Waals surface area contributed by atoms with E-state index in [2.05, 4.69) is 6.58 Å². The van der Waals surface area contributed by atoms with Crippen LogP contribution in [-0.2, 0) is 16.1 Å². The molecule has 2 aromatic rings. The molecule has 1 aliphatic heterocycles. The molecule has 0 unspecified atom stereocenters. The number of halogens is 1. The van der Waals surface area contributed by atoms with Crippen molar-refractivity contribution >= 4 is 12.0 Å². The van der Waals surface area contributed by atoms with Gasteiger partial charge in [0.05, 0.1) is 13.2 Å². The van der Waals surface area contributed by atoms with E-state index >= 15 is 0 Å². The quantitative estimate of drug-likeness (QED) is 0.412. The number of rotatable bonds is 10. The first-order chi connectivity index (χ1) is 15.1. The van der Waals surface area contributed by atoms with Gasteiger partial charge in [-0.25, -0.2) is 4.39 Å². The third-order valence-electron chi connectivity index (χ3n) is 5.03. The van der Waals surface area contributed by atoms with Crippen molar-refractivity contribution < 1.29 is 23.4 Å². The average molecular weight is 426 g/mol. The highest BCUT2D eigenvalue weighted by atomic mass is 19.1. The summed E-state index contributed by atoms with van der Waals surface area (Å²) in [6.45, 7) is 5.58. The highest BCUT2D eigenvalue weighted by molar-refractivity contribution is 5.91. The fourth-order valence-electron chi connectivity index (χ4n) is 3.44. The van der Waals surface area contributed by atoms with Crippen LogP contribution in [0.15, 0.2) is 61.2 Å². The minimum absolute atomic E-state index is 0.00269. The van der Waals surface area contributed by atoms with Gasteiger partial charge < -0.3 is 19.1 Å². The summed E-state index contributed by atoms with van der Waals surface area (Å²) in [5.41, 5.74) is 1.27. The van der Waals surface area contributed by atoms with Crippen molar-refractivity contribution in [1.82, 2.24) is 4.90 Å². The molecule has 0 radical (unpaired) electrons. The zero-order valence-corrected chi connectivity index (χ0v) is 17.8. The molecule has 0 aromatic heterocycles. The van der Waals surface area contributed by atoms with E-state index in [4.69, 9.17) is 14.2 Å². The zero-order chi connectivity index (χ0) is 22.1. The summed E-state index contributed by atoms with van der Waals surface area (Å²) in [5.74, 6) is 0.634. The maximum Gasteiger partial charge on any atom is 0.246 e. The highest BCUT2D eigenvalue weighted by Gasteiger charge is 2.22. The fourth-order valence-corrected chi connectivity index (χ4v) is 3.44. The van der Waals surface area contributed by atoms with Crippen LogP contribution in [-0.4, -0.2) is 43.8 Å². The molecule has 31 heavy (non-hydrogen) atoms. The molecule has 0 spiro atoms. The summed E-state index contributed by atoms with van der Waals surface area (Å²) in [6, 6.07) is 11.9. The van der Waals surface area contributed by atoms with Gasteiger partial charge in [0, 0.05) is 31.3 Å². The van der Waals surface area contributed by atoms with Crippen molar-refractivity contribution in [2.75, 3.05) is 26.9 Å². The Morgan fingerprint density at radius 3 is 2.84 bits per heavy atom. The normalized spacial score (nSPS) is 15.7. The van der Waals surface area contributed by atoms with E-state index in [1.165, 1.54) is 18.2 Å². The second-order valence-electron chi connectivity index (χ2n) is 7.29. The van der Waals surface area contributed by atoms with Crippen molar-refractivity contribution in [2.45, 2.75) is 25.5 Å². The van der Waals surface area contributed by atoms with Crippen LogP contribution in [0.1, 0.15) is 24.0 Å². The van der Waals surface area contributed by atoms with Gasteiger partial charge in [0.1, 0.15) is 12.4 Å². The summed E-state index contributed by atoms with van der Waals surface area (Å²) >= 11 is 0. The number of nitrogens with zero attached hydrogens (tertiary/aromatic N) is 1. The van der Waals surface area contributed by atoms with Gasteiger partial charge in [0.25, 0.3) is 0 Å². The molecular formula is C25H28FNO4. The monoisotopic (exact) mass is 425 g/mol. The van der Waals surface area contributed by atoms with Crippen LogP contribution in [0.5, 0.6) is 11.5 Å². The Morgan fingerprint density at radius 2 is 2.13 bits per heavy atom. The van der Waals surface area contributed by atoms with E-state index in [-0.39, 0.29) is 17.8 Å². The Hall–Kier alpha value is -3.12. The number of ether oxygens (including phenoxy) is 3. The Kier molecular flexibility index (Phi) is 8.24. The van der Waals surface area contributed by atoms with Gasteiger partial charge in [0.15, 0.2) is 11.5 Å². The number of hydrogen-bond acceptors (Lipinski definition) is 4. The highest BCUT2D eigenvalue weighted by Crippen LogP contribution is 2.29. The topological polar surface area (TPSA) is 48.0 Å². The van der Waals surface area contributed by atoms with Crippen LogP contribution in [0.4, 0.5) is 4.39 Å². The van der Waals surface area contributed by atoms with Crippen LogP contribution < -0.4 is 9.47 Å². The van der Waals surface area contributed by atoms with Crippen molar-refractivity contribution in [3.8, 4) is 11.5 Å². The van der Waals surface area contributed by atoms with Crippen molar-refractivity contribution in [1.29, 1.82) is 0 Å². The van der Waals surface area contributed by atoms with Gasteiger partial charge in [-0.2, -0.15) is 0 Å². The largest absolute Gasteiger partial charge is 0.493 e. The van der Waals surface area contributed by atoms with E-state index in [9.17, 15) is 9.18 Å². The molecule has 1 heterocycles. The molecular weight excluding hydrogens is 397 g/mol. The van der Waals surface area contributed by atoms with E-state index in [1.807, 2.05) is 18.2 Å². The third kappa shape index (κ3) is 6.43. The number of carbonyl (C=O) groups excluding carboxylic acids is 1. The lowest BCUT2D eigenvalue weighted by molar-refractivity contribution is -0.128. The van der Waals surface area contributed by atoms with Crippen LogP contribution in [0, 0.1) is 5.82 Å². The molecule has 6 heteroatoms. The SMILES string of the molecule is C=CCOc1ccc(CN(C[C@@H]2CCCO2)C(=O)/C=C/c2ccccc2F)cc1OC. The summed E-state index contributed by atoms with van der Waals surface area (Å²) in [6.07, 6.45) is 6.48.